The van der Waals surface area contributed by atoms with Gasteiger partial charge in [-0.15, -0.1) is 10.2 Å². The Morgan fingerprint density at radius 2 is 2.62 bits per heavy atom. The molecule has 1 aromatic rings. The summed E-state index contributed by atoms with van der Waals surface area (Å²) >= 11 is 0. The summed E-state index contributed by atoms with van der Waals surface area (Å²) in [6.07, 6.45) is 3.67. The van der Waals surface area contributed by atoms with Crippen LogP contribution in [0.2, 0.25) is 0 Å². The van der Waals surface area contributed by atoms with Gasteiger partial charge in [0.15, 0.2) is 5.82 Å². The van der Waals surface area contributed by atoms with Crippen LogP contribution >= 0.6 is 0 Å². The summed E-state index contributed by atoms with van der Waals surface area (Å²) in [7, 11) is 1.86. The first-order chi connectivity index (χ1) is 7.77. The van der Waals surface area contributed by atoms with Gasteiger partial charge in [-0.2, -0.15) is 0 Å². The summed E-state index contributed by atoms with van der Waals surface area (Å²) in [5, 5.41) is 13.8. The molecule has 6 heteroatoms. The van der Waals surface area contributed by atoms with Gasteiger partial charge in [0, 0.05) is 13.6 Å². The molecule has 1 aliphatic heterocycles. The lowest BCUT2D eigenvalue weighted by Crippen LogP contribution is -2.40. The maximum Gasteiger partial charge on any atom is 0.224 e. The Morgan fingerprint density at radius 1 is 1.75 bits per heavy atom. The van der Waals surface area contributed by atoms with Crippen molar-refractivity contribution in [1.29, 1.82) is 0 Å². The zero-order valence-electron chi connectivity index (χ0n) is 9.44. The Bertz CT molecular complexity index is 356. The number of hydrogen-bond donors (Lipinski definition) is 2. The van der Waals surface area contributed by atoms with E-state index in [-0.39, 0.29) is 11.8 Å². The minimum absolute atomic E-state index is 0.0991. The van der Waals surface area contributed by atoms with Crippen LogP contribution in [0, 0.1) is 5.92 Å². The average Bonchev–Trinajstić information content (AvgIpc) is 2.73. The standard InChI is InChI=1S/C10H17N5O/c1-15-7-13-14-9(15)6-12-10(16)8-3-2-4-11-5-8/h7-8,11H,2-6H2,1H3,(H,12,16)/t8-/m1/s1. The fourth-order valence-corrected chi connectivity index (χ4v) is 1.85. The number of rotatable bonds is 3. The fraction of sp³-hybridized carbons (Fsp3) is 0.700. The number of nitrogens with zero attached hydrogens (tertiary/aromatic N) is 3. The molecule has 0 saturated carbocycles. The molecule has 0 aromatic carbocycles. The van der Waals surface area contributed by atoms with Crippen LogP contribution < -0.4 is 10.6 Å². The minimum Gasteiger partial charge on any atom is -0.349 e. The number of carbonyl (C=O) groups excluding carboxylic acids is 1. The topological polar surface area (TPSA) is 71.8 Å². The van der Waals surface area contributed by atoms with Gasteiger partial charge in [0.25, 0.3) is 0 Å². The maximum atomic E-state index is 11.8. The van der Waals surface area contributed by atoms with Crippen LogP contribution in [-0.4, -0.2) is 33.8 Å². The maximum absolute atomic E-state index is 11.8. The number of aryl methyl sites for hydroxylation is 1. The molecule has 0 unspecified atom stereocenters. The van der Waals surface area contributed by atoms with E-state index in [1.165, 1.54) is 0 Å². The van der Waals surface area contributed by atoms with Gasteiger partial charge in [0.2, 0.25) is 5.91 Å². The molecule has 88 valence electrons. The summed E-state index contributed by atoms with van der Waals surface area (Å²) in [5.74, 6) is 0.981. The summed E-state index contributed by atoms with van der Waals surface area (Å²) in [5.41, 5.74) is 0. The Balaban J connectivity index is 1.81. The number of piperidine rings is 1. The number of hydrogen-bond acceptors (Lipinski definition) is 4. The Kier molecular flexibility index (Phi) is 3.51. The Labute approximate surface area is 94.4 Å². The average molecular weight is 223 g/mol. The molecule has 0 radical (unpaired) electrons. The van der Waals surface area contributed by atoms with E-state index in [9.17, 15) is 4.79 Å². The predicted molar refractivity (Wildman–Crippen MR) is 58.4 cm³/mol. The molecular formula is C10H17N5O. The van der Waals surface area contributed by atoms with E-state index >= 15 is 0 Å². The van der Waals surface area contributed by atoms with Crippen LogP contribution in [0.15, 0.2) is 6.33 Å². The molecule has 6 nitrogen and oxygen atoms in total. The highest BCUT2D eigenvalue weighted by Gasteiger charge is 2.20. The highest BCUT2D eigenvalue weighted by molar-refractivity contribution is 5.78. The monoisotopic (exact) mass is 223 g/mol. The molecule has 0 aliphatic carbocycles. The molecule has 2 rings (SSSR count). The zero-order valence-corrected chi connectivity index (χ0v) is 9.44. The van der Waals surface area contributed by atoms with Crippen LogP contribution in [0.1, 0.15) is 18.7 Å². The summed E-state index contributed by atoms with van der Waals surface area (Å²) in [4.78, 5) is 11.8. The molecule has 1 aromatic heterocycles. The van der Waals surface area contributed by atoms with E-state index in [1.807, 2.05) is 7.05 Å². The van der Waals surface area contributed by atoms with Crippen LogP contribution in [-0.2, 0) is 18.4 Å². The van der Waals surface area contributed by atoms with E-state index in [0.29, 0.717) is 6.54 Å². The van der Waals surface area contributed by atoms with Gasteiger partial charge in [0.05, 0.1) is 12.5 Å². The number of carbonyl (C=O) groups is 1. The van der Waals surface area contributed by atoms with Gasteiger partial charge in [-0.3, -0.25) is 4.79 Å². The van der Waals surface area contributed by atoms with E-state index in [4.69, 9.17) is 0 Å². The smallest absolute Gasteiger partial charge is 0.224 e. The van der Waals surface area contributed by atoms with Crippen molar-refractivity contribution >= 4 is 5.91 Å². The number of amides is 1. The Morgan fingerprint density at radius 3 is 3.25 bits per heavy atom. The van der Waals surface area contributed by atoms with Crippen molar-refractivity contribution in [3.8, 4) is 0 Å². The van der Waals surface area contributed by atoms with E-state index in [2.05, 4.69) is 20.8 Å². The number of aromatic nitrogens is 3. The molecular weight excluding hydrogens is 206 g/mol. The zero-order chi connectivity index (χ0) is 11.4. The first-order valence-corrected chi connectivity index (χ1v) is 5.58. The van der Waals surface area contributed by atoms with Gasteiger partial charge < -0.3 is 15.2 Å². The van der Waals surface area contributed by atoms with Crippen LogP contribution in [0.5, 0.6) is 0 Å². The van der Waals surface area contributed by atoms with Gasteiger partial charge in [-0.25, -0.2) is 0 Å². The van der Waals surface area contributed by atoms with Crippen LogP contribution in [0.25, 0.3) is 0 Å². The summed E-state index contributed by atoms with van der Waals surface area (Å²) < 4.78 is 1.80. The normalized spacial score (nSPS) is 20.7. The van der Waals surface area contributed by atoms with Crippen molar-refractivity contribution in [3.63, 3.8) is 0 Å². The molecule has 2 heterocycles. The summed E-state index contributed by atoms with van der Waals surface area (Å²) in [6, 6.07) is 0. The van der Waals surface area contributed by atoms with Gasteiger partial charge >= 0.3 is 0 Å². The SMILES string of the molecule is Cn1cnnc1CNC(=O)[C@@H]1CCCNC1. The third-order valence-corrected chi connectivity index (χ3v) is 2.89. The minimum atomic E-state index is 0.0991. The van der Waals surface area contributed by atoms with Crippen molar-refractivity contribution < 1.29 is 4.79 Å². The molecule has 0 spiro atoms. The molecule has 1 amide bonds. The van der Waals surface area contributed by atoms with Crippen molar-refractivity contribution in [2.24, 2.45) is 13.0 Å². The quantitative estimate of drug-likeness (QED) is 0.720. The molecule has 1 saturated heterocycles. The van der Waals surface area contributed by atoms with Crippen molar-refractivity contribution in [3.05, 3.63) is 12.2 Å². The largest absolute Gasteiger partial charge is 0.349 e. The molecule has 1 atom stereocenters. The Hall–Kier alpha value is -1.43. The number of nitrogens with one attached hydrogen (secondary N) is 2. The lowest BCUT2D eigenvalue weighted by molar-refractivity contribution is -0.125. The predicted octanol–water partition coefficient (Wildman–Crippen LogP) is -0.569. The lowest BCUT2D eigenvalue weighted by Gasteiger charge is -2.21. The van der Waals surface area contributed by atoms with Crippen molar-refractivity contribution in [1.82, 2.24) is 25.4 Å². The van der Waals surface area contributed by atoms with Crippen molar-refractivity contribution in [2.45, 2.75) is 19.4 Å². The molecule has 1 aliphatic rings. The molecule has 16 heavy (non-hydrogen) atoms. The second-order valence-electron chi connectivity index (χ2n) is 4.12. The lowest BCUT2D eigenvalue weighted by atomic mass is 9.99. The third-order valence-electron chi connectivity index (χ3n) is 2.89. The van der Waals surface area contributed by atoms with Gasteiger partial charge in [-0.1, -0.05) is 0 Å². The van der Waals surface area contributed by atoms with E-state index in [1.54, 1.807) is 10.9 Å². The highest BCUT2D eigenvalue weighted by Crippen LogP contribution is 2.09. The molecule has 2 N–H and O–H groups in total. The van der Waals surface area contributed by atoms with E-state index < -0.39 is 0 Å². The molecule has 0 bridgehead atoms. The third kappa shape index (κ3) is 2.57. The fourth-order valence-electron chi connectivity index (χ4n) is 1.85. The van der Waals surface area contributed by atoms with Gasteiger partial charge in [-0.05, 0) is 19.4 Å². The van der Waals surface area contributed by atoms with Crippen LogP contribution in [0.3, 0.4) is 0 Å². The highest BCUT2D eigenvalue weighted by atomic mass is 16.1. The summed E-state index contributed by atoms with van der Waals surface area (Å²) in [6.45, 7) is 2.25. The van der Waals surface area contributed by atoms with Gasteiger partial charge in [0.1, 0.15) is 6.33 Å². The van der Waals surface area contributed by atoms with E-state index in [0.717, 1.165) is 31.8 Å². The molecule has 1 fully saturated rings. The van der Waals surface area contributed by atoms with Crippen LogP contribution in [0.4, 0.5) is 0 Å². The second kappa shape index (κ2) is 5.07. The van der Waals surface area contributed by atoms with Crippen molar-refractivity contribution in [2.75, 3.05) is 13.1 Å². The first kappa shape index (κ1) is 11.1. The first-order valence-electron chi connectivity index (χ1n) is 5.58. The second-order valence-corrected chi connectivity index (χ2v) is 4.12.